The van der Waals surface area contributed by atoms with E-state index < -0.39 is 5.97 Å². The van der Waals surface area contributed by atoms with Crippen molar-refractivity contribution in [2.45, 2.75) is 26.3 Å². The van der Waals surface area contributed by atoms with Crippen LogP contribution in [0.1, 0.15) is 20.3 Å². The number of ether oxygens (including phenoxy) is 1. The highest BCUT2D eigenvalue weighted by Gasteiger charge is 2.15. The summed E-state index contributed by atoms with van der Waals surface area (Å²) in [4.78, 5) is 23.4. The molecule has 4 heteroatoms. The first-order valence-electron chi connectivity index (χ1n) is 3.81. The van der Waals surface area contributed by atoms with Gasteiger partial charge in [0.25, 0.3) is 0 Å². The first kappa shape index (κ1) is 10.9. The molecule has 4 nitrogen and oxygen atoms in total. The van der Waals surface area contributed by atoms with Gasteiger partial charge in [0.1, 0.15) is 6.42 Å². The van der Waals surface area contributed by atoms with Crippen molar-refractivity contribution < 1.29 is 14.3 Å². The maximum absolute atomic E-state index is 11.2. The molecule has 0 N–H and O–H groups in total. The smallest absolute Gasteiger partial charge is 0.315 e. The van der Waals surface area contributed by atoms with Crippen LogP contribution in [0.4, 0.5) is 0 Å². The minimum Gasteiger partial charge on any atom is -0.469 e. The van der Waals surface area contributed by atoms with Crippen molar-refractivity contribution in [2.24, 2.45) is 0 Å². The topological polar surface area (TPSA) is 46.6 Å². The van der Waals surface area contributed by atoms with Gasteiger partial charge in [0.15, 0.2) is 0 Å². The Morgan fingerprint density at radius 3 is 2.25 bits per heavy atom. The van der Waals surface area contributed by atoms with E-state index in [9.17, 15) is 9.59 Å². The largest absolute Gasteiger partial charge is 0.469 e. The molecule has 0 aromatic heterocycles. The van der Waals surface area contributed by atoms with Gasteiger partial charge in [0.2, 0.25) is 5.91 Å². The zero-order valence-electron chi connectivity index (χ0n) is 7.96. The molecule has 12 heavy (non-hydrogen) atoms. The van der Waals surface area contributed by atoms with Gasteiger partial charge in [-0.25, -0.2) is 0 Å². The molecular weight excluding hydrogens is 158 g/mol. The number of nitrogens with zero attached hydrogens (tertiary/aromatic N) is 1. The van der Waals surface area contributed by atoms with E-state index in [0.29, 0.717) is 0 Å². The summed E-state index contributed by atoms with van der Waals surface area (Å²) < 4.78 is 4.36. The molecule has 0 unspecified atom stereocenters. The molecule has 0 rings (SSSR count). The van der Waals surface area contributed by atoms with E-state index in [2.05, 4.69) is 4.74 Å². The first-order valence-corrected chi connectivity index (χ1v) is 3.81. The van der Waals surface area contributed by atoms with Crippen molar-refractivity contribution in [1.82, 2.24) is 4.90 Å². The summed E-state index contributed by atoms with van der Waals surface area (Å²) in [5, 5.41) is 0. The predicted octanol–water partition coefficient (Wildman–Crippen LogP) is 0.416. The molecule has 0 bridgehead atoms. The van der Waals surface area contributed by atoms with Crippen LogP contribution in [0.5, 0.6) is 0 Å². The van der Waals surface area contributed by atoms with E-state index in [1.807, 2.05) is 13.8 Å². The molecule has 0 aliphatic heterocycles. The van der Waals surface area contributed by atoms with E-state index in [4.69, 9.17) is 0 Å². The molecule has 0 heterocycles. The Balaban J connectivity index is 3.96. The van der Waals surface area contributed by atoms with E-state index in [-0.39, 0.29) is 18.4 Å². The highest BCUT2D eigenvalue weighted by atomic mass is 16.5. The molecule has 0 saturated heterocycles. The second-order valence-electron chi connectivity index (χ2n) is 2.85. The fourth-order valence-corrected chi connectivity index (χ4v) is 0.608. The van der Waals surface area contributed by atoms with Gasteiger partial charge < -0.3 is 9.64 Å². The lowest BCUT2D eigenvalue weighted by atomic mass is 10.3. The number of rotatable bonds is 3. The summed E-state index contributed by atoms with van der Waals surface area (Å²) in [6.45, 7) is 3.77. The van der Waals surface area contributed by atoms with Crippen molar-refractivity contribution in [1.29, 1.82) is 0 Å². The van der Waals surface area contributed by atoms with E-state index in [0.717, 1.165) is 0 Å². The maximum Gasteiger partial charge on any atom is 0.315 e. The summed E-state index contributed by atoms with van der Waals surface area (Å²) in [5.41, 5.74) is 0. The minimum atomic E-state index is -0.493. The zero-order chi connectivity index (χ0) is 9.72. The molecular formula is C8H15NO3. The van der Waals surface area contributed by atoms with Crippen LogP contribution >= 0.6 is 0 Å². The maximum atomic E-state index is 11.2. The summed E-state index contributed by atoms with van der Waals surface area (Å²) in [6, 6.07) is 0.113. The highest BCUT2D eigenvalue weighted by molar-refractivity contribution is 5.94. The average molecular weight is 173 g/mol. The van der Waals surface area contributed by atoms with Crippen molar-refractivity contribution in [3.63, 3.8) is 0 Å². The molecule has 0 aromatic carbocycles. The van der Waals surface area contributed by atoms with E-state index in [1.54, 1.807) is 7.05 Å². The third-order valence-electron chi connectivity index (χ3n) is 1.69. The molecule has 0 atom stereocenters. The summed E-state index contributed by atoms with van der Waals surface area (Å²) in [5.74, 6) is -0.704. The van der Waals surface area contributed by atoms with Gasteiger partial charge in [-0.05, 0) is 13.8 Å². The third-order valence-corrected chi connectivity index (χ3v) is 1.69. The number of hydrogen-bond donors (Lipinski definition) is 0. The third kappa shape index (κ3) is 3.37. The van der Waals surface area contributed by atoms with Crippen LogP contribution < -0.4 is 0 Å². The van der Waals surface area contributed by atoms with Crippen LogP contribution in [0.15, 0.2) is 0 Å². The average Bonchev–Trinajstić information content (AvgIpc) is 2.02. The molecule has 0 aliphatic carbocycles. The molecule has 0 radical (unpaired) electrons. The lowest BCUT2D eigenvalue weighted by Gasteiger charge is -2.20. The van der Waals surface area contributed by atoms with Gasteiger partial charge in [-0.1, -0.05) is 0 Å². The van der Waals surface area contributed by atoms with Crippen molar-refractivity contribution in [3.8, 4) is 0 Å². The van der Waals surface area contributed by atoms with Gasteiger partial charge in [0, 0.05) is 13.1 Å². The molecule has 1 amide bonds. The van der Waals surface area contributed by atoms with Crippen LogP contribution in [-0.2, 0) is 14.3 Å². The second kappa shape index (κ2) is 4.74. The van der Waals surface area contributed by atoms with E-state index >= 15 is 0 Å². The number of hydrogen-bond acceptors (Lipinski definition) is 3. The van der Waals surface area contributed by atoms with Gasteiger partial charge in [-0.15, -0.1) is 0 Å². The Labute approximate surface area is 72.5 Å². The van der Waals surface area contributed by atoms with Crippen LogP contribution in [0, 0.1) is 0 Å². The minimum absolute atomic E-state index is 0.113. The molecule has 0 aliphatic rings. The standard InChI is InChI=1S/C8H15NO3/c1-6(2)9(3)7(10)5-8(11)12-4/h6H,5H2,1-4H3. The predicted molar refractivity (Wildman–Crippen MR) is 44.5 cm³/mol. The molecule has 0 fully saturated rings. The fraction of sp³-hybridized carbons (Fsp3) is 0.750. The molecule has 0 saturated carbocycles. The molecule has 0 spiro atoms. The zero-order valence-corrected chi connectivity index (χ0v) is 7.96. The van der Waals surface area contributed by atoms with Gasteiger partial charge in [0.05, 0.1) is 7.11 Å². The molecule has 0 aromatic rings. The van der Waals surface area contributed by atoms with Crippen LogP contribution in [0.3, 0.4) is 0 Å². The first-order chi connectivity index (χ1) is 5.49. The number of carbonyl (C=O) groups excluding carboxylic acids is 2. The quantitative estimate of drug-likeness (QED) is 0.459. The Hall–Kier alpha value is -1.06. The number of carbonyl (C=O) groups is 2. The molecule has 70 valence electrons. The number of amides is 1. The van der Waals surface area contributed by atoms with Crippen molar-refractivity contribution >= 4 is 11.9 Å². The Kier molecular flexibility index (Phi) is 4.33. The van der Waals surface area contributed by atoms with Gasteiger partial charge >= 0.3 is 5.97 Å². The lowest BCUT2D eigenvalue weighted by Crippen LogP contribution is -2.34. The monoisotopic (exact) mass is 173 g/mol. The highest BCUT2D eigenvalue weighted by Crippen LogP contribution is 1.98. The Morgan fingerprint density at radius 1 is 1.42 bits per heavy atom. The van der Waals surface area contributed by atoms with Gasteiger partial charge in [-0.3, -0.25) is 9.59 Å². The van der Waals surface area contributed by atoms with Crippen molar-refractivity contribution in [3.05, 3.63) is 0 Å². The van der Waals surface area contributed by atoms with Gasteiger partial charge in [-0.2, -0.15) is 0 Å². The summed E-state index contributed by atoms with van der Waals surface area (Å²) in [7, 11) is 2.93. The van der Waals surface area contributed by atoms with Crippen LogP contribution in [0.25, 0.3) is 0 Å². The number of esters is 1. The van der Waals surface area contributed by atoms with Crippen LogP contribution in [0.2, 0.25) is 0 Å². The second-order valence-corrected chi connectivity index (χ2v) is 2.85. The SMILES string of the molecule is COC(=O)CC(=O)N(C)C(C)C. The van der Waals surface area contributed by atoms with E-state index in [1.165, 1.54) is 12.0 Å². The Morgan fingerprint density at radius 2 is 1.92 bits per heavy atom. The fourth-order valence-electron chi connectivity index (χ4n) is 0.608. The normalized spacial score (nSPS) is 9.75. The van der Waals surface area contributed by atoms with Crippen molar-refractivity contribution in [2.75, 3.05) is 14.2 Å². The number of methoxy groups -OCH3 is 1. The van der Waals surface area contributed by atoms with Crippen LogP contribution in [-0.4, -0.2) is 37.0 Å². The summed E-state index contributed by atoms with van der Waals surface area (Å²) in [6.07, 6.45) is -0.175. The Bertz CT molecular complexity index is 177. The summed E-state index contributed by atoms with van der Waals surface area (Å²) >= 11 is 0. The lowest BCUT2D eigenvalue weighted by molar-refractivity contribution is -0.146.